The van der Waals surface area contributed by atoms with Gasteiger partial charge in [0.05, 0.1) is 25.8 Å². The summed E-state index contributed by atoms with van der Waals surface area (Å²) in [4.78, 5) is 15.1. The topological polar surface area (TPSA) is 78.5 Å². The van der Waals surface area contributed by atoms with Crippen LogP contribution in [-0.4, -0.2) is 59.1 Å². The molecule has 0 spiro atoms. The van der Waals surface area contributed by atoms with Crippen LogP contribution >= 0.6 is 15.9 Å². The molecule has 33 heavy (non-hydrogen) atoms. The van der Waals surface area contributed by atoms with Crippen molar-refractivity contribution < 1.29 is 28.5 Å². The zero-order valence-electron chi connectivity index (χ0n) is 19.3. The third-order valence-corrected chi connectivity index (χ3v) is 7.04. The van der Waals surface area contributed by atoms with Gasteiger partial charge in [-0.15, -0.1) is 0 Å². The Kier molecular flexibility index (Phi) is 7.19. The molecule has 1 unspecified atom stereocenters. The number of nitrogens with zero attached hydrogens (tertiary/aromatic N) is 1. The van der Waals surface area contributed by atoms with E-state index < -0.39 is 0 Å². The molecule has 2 aliphatic heterocycles. The lowest BCUT2D eigenvalue weighted by Gasteiger charge is -2.36. The van der Waals surface area contributed by atoms with Gasteiger partial charge in [-0.3, -0.25) is 9.69 Å². The fourth-order valence-electron chi connectivity index (χ4n) is 4.48. The zero-order valence-corrected chi connectivity index (χ0v) is 20.9. The number of carbonyl (C=O) groups is 1. The van der Waals surface area contributed by atoms with Crippen molar-refractivity contribution in [2.45, 2.75) is 25.3 Å². The Hall–Kier alpha value is -2.65. The van der Waals surface area contributed by atoms with E-state index in [1.54, 1.807) is 21.3 Å². The van der Waals surface area contributed by atoms with E-state index in [0.717, 1.165) is 34.1 Å². The van der Waals surface area contributed by atoms with Crippen molar-refractivity contribution in [3.05, 3.63) is 39.4 Å². The second-order valence-electron chi connectivity index (χ2n) is 8.04. The average molecular weight is 521 g/mol. The molecule has 0 aromatic heterocycles. The van der Waals surface area contributed by atoms with E-state index in [4.69, 9.17) is 23.7 Å². The molecule has 4 rings (SSSR count). The van der Waals surface area contributed by atoms with Gasteiger partial charge in [0.1, 0.15) is 0 Å². The smallest absolute Gasteiger partial charge is 0.231 e. The first-order valence-electron chi connectivity index (χ1n) is 10.8. The van der Waals surface area contributed by atoms with Crippen LogP contribution in [0.3, 0.4) is 0 Å². The Morgan fingerprint density at radius 2 is 1.91 bits per heavy atom. The van der Waals surface area contributed by atoms with E-state index in [1.807, 2.05) is 25.2 Å². The number of ether oxygens (including phenoxy) is 5. The van der Waals surface area contributed by atoms with Gasteiger partial charge >= 0.3 is 0 Å². The SMILES string of the molecule is COc1ccc(CCNC(=O)CC2c3c(c(Br)c4c(c3OC)OCO4)CCN2C)cc1OC. The van der Waals surface area contributed by atoms with Crippen molar-refractivity contribution in [1.29, 1.82) is 0 Å². The predicted molar refractivity (Wildman–Crippen MR) is 127 cm³/mol. The van der Waals surface area contributed by atoms with Gasteiger partial charge in [0, 0.05) is 31.1 Å². The number of fused-ring (bicyclic) bond motifs is 2. The lowest BCUT2D eigenvalue weighted by Crippen LogP contribution is -2.37. The molecule has 0 fully saturated rings. The van der Waals surface area contributed by atoms with Gasteiger partial charge in [0.15, 0.2) is 23.0 Å². The number of hydrogen-bond acceptors (Lipinski definition) is 7. The van der Waals surface area contributed by atoms with Crippen molar-refractivity contribution in [2.75, 3.05) is 48.3 Å². The van der Waals surface area contributed by atoms with Crippen molar-refractivity contribution in [3.63, 3.8) is 0 Å². The standard InChI is InChI=1S/C24H29BrN2O6/c1-27-10-8-15-20(22(31-4)24-23(21(15)25)32-13-33-24)16(27)12-19(28)26-9-7-14-5-6-17(29-2)18(11-14)30-3/h5-6,11,16H,7-10,12-13H2,1-4H3,(H,26,28). The van der Waals surface area contributed by atoms with E-state index >= 15 is 0 Å². The summed E-state index contributed by atoms with van der Waals surface area (Å²) in [5, 5.41) is 3.05. The molecule has 1 atom stereocenters. The maximum atomic E-state index is 12.9. The molecule has 0 aliphatic carbocycles. The van der Waals surface area contributed by atoms with E-state index in [1.165, 1.54) is 0 Å². The third kappa shape index (κ3) is 4.56. The Labute approximate surface area is 202 Å². The number of carbonyl (C=O) groups excluding carboxylic acids is 1. The molecule has 1 N–H and O–H groups in total. The Morgan fingerprint density at radius 3 is 2.64 bits per heavy atom. The van der Waals surface area contributed by atoms with E-state index in [0.29, 0.717) is 48.1 Å². The molecular weight excluding hydrogens is 492 g/mol. The molecule has 0 saturated carbocycles. The minimum Gasteiger partial charge on any atom is -0.493 e. The maximum Gasteiger partial charge on any atom is 0.231 e. The monoisotopic (exact) mass is 520 g/mol. The summed E-state index contributed by atoms with van der Waals surface area (Å²) in [6.07, 6.45) is 1.84. The molecule has 1 amide bonds. The lowest BCUT2D eigenvalue weighted by atomic mass is 9.89. The van der Waals surface area contributed by atoms with Crippen LogP contribution in [0.4, 0.5) is 0 Å². The summed E-state index contributed by atoms with van der Waals surface area (Å²) < 4.78 is 28.6. The number of hydrogen-bond donors (Lipinski definition) is 1. The Bertz CT molecular complexity index is 1040. The highest BCUT2D eigenvalue weighted by Crippen LogP contribution is 2.54. The molecule has 2 aromatic carbocycles. The molecular formula is C24H29BrN2O6. The van der Waals surface area contributed by atoms with Crippen molar-refractivity contribution in [2.24, 2.45) is 0 Å². The van der Waals surface area contributed by atoms with Crippen molar-refractivity contribution in [1.82, 2.24) is 10.2 Å². The van der Waals surface area contributed by atoms with E-state index in [2.05, 4.69) is 26.1 Å². The molecule has 8 nitrogen and oxygen atoms in total. The van der Waals surface area contributed by atoms with Crippen molar-refractivity contribution >= 4 is 21.8 Å². The number of methoxy groups -OCH3 is 3. The molecule has 2 aromatic rings. The van der Waals surface area contributed by atoms with Crippen LogP contribution in [0, 0.1) is 0 Å². The van der Waals surface area contributed by atoms with Crippen LogP contribution < -0.4 is 29.0 Å². The molecule has 9 heteroatoms. The number of likely N-dealkylation sites (N-methyl/N-ethyl adjacent to an activating group) is 1. The van der Waals surface area contributed by atoms with Crippen LogP contribution in [-0.2, 0) is 17.6 Å². The third-order valence-electron chi connectivity index (χ3n) is 6.20. The highest BCUT2D eigenvalue weighted by Gasteiger charge is 2.37. The van der Waals surface area contributed by atoms with E-state index in [9.17, 15) is 4.79 Å². The first-order valence-corrected chi connectivity index (χ1v) is 11.6. The quantitative estimate of drug-likeness (QED) is 0.570. The van der Waals surface area contributed by atoms with Crippen molar-refractivity contribution in [3.8, 4) is 28.7 Å². The van der Waals surface area contributed by atoms with Gasteiger partial charge in [0.2, 0.25) is 18.4 Å². The van der Waals surface area contributed by atoms with Gasteiger partial charge in [-0.05, 0) is 59.1 Å². The average Bonchev–Trinajstić information content (AvgIpc) is 3.31. The highest BCUT2D eigenvalue weighted by molar-refractivity contribution is 9.10. The lowest BCUT2D eigenvalue weighted by molar-refractivity contribution is -0.122. The molecule has 178 valence electrons. The van der Waals surface area contributed by atoms with Gasteiger partial charge in [-0.1, -0.05) is 6.07 Å². The summed E-state index contributed by atoms with van der Waals surface area (Å²) in [7, 11) is 6.88. The molecule has 0 saturated heterocycles. The van der Waals surface area contributed by atoms with Crippen LogP contribution in [0.5, 0.6) is 28.7 Å². The van der Waals surface area contributed by atoms with Crippen LogP contribution in [0.25, 0.3) is 0 Å². The van der Waals surface area contributed by atoms with Crippen LogP contribution in [0.2, 0.25) is 0 Å². The first-order chi connectivity index (χ1) is 16.0. The normalized spacial score (nSPS) is 16.8. The predicted octanol–water partition coefficient (Wildman–Crippen LogP) is 3.48. The van der Waals surface area contributed by atoms with E-state index in [-0.39, 0.29) is 18.7 Å². The highest BCUT2D eigenvalue weighted by atomic mass is 79.9. The van der Waals surface area contributed by atoms with Gasteiger partial charge in [0.25, 0.3) is 0 Å². The van der Waals surface area contributed by atoms with Crippen LogP contribution in [0.15, 0.2) is 22.7 Å². The fraction of sp³-hybridized carbons (Fsp3) is 0.458. The minimum absolute atomic E-state index is 0.0176. The second kappa shape index (κ2) is 10.1. The summed E-state index contributed by atoms with van der Waals surface area (Å²) in [5.74, 6) is 3.26. The number of halogens is 1. The summed E-state index contributed by atoms with van der Waals surface area (Å²) >= 11 is 3.69. The summed E-state index contributed by atoms with van der Waals surface area (Å²) in [5.41, 5.74) is 3.15. The molecule has 2 heterocycles. The van der Waals surface area contributed by atoms with Gasteiger partial charge in [-0.2, -0.15) is 0 Å². The zero-order chi connectivity index (χ0) is 23.5. The Balaban J connectivity index is 1.46. The summed E-state index contributed by atoms with van der Waals surface area (Å²) in [6, 6.07) is 5.65. The number of rotatable bonds is 8. The molecule has 2 aliphatic rings. The van der Waals surface area contributed by atoms with Crippen LogP contribution in [0.1, 0.15) is 29.2 Å². The molecule has 0 bridgehead atoms. The second-order valence-corrected chi connectivity index (χ2v) is 8.84. The van der Waals surface area contributed by atoms with Gasteiger partial charge < -0.3 is 29.0 Å². The maximum absolute atomic E-state index is 12.9. The summed E-state index contributed by atoms with van der Waals surface area (Å²) in [6.45, 7) is 1.52. The van der Waals surface area contributed by atoms with Gasteiger partial charge in [-0.25, -0.2) is 0 Å². The minimum atomic E-state index is -0.129. The number of nitrogens with one attached hydrogen (secondary N) is 1. The number of amides is 1. The number of benzene rings is 2. The molecule has 0 radical (unpaired) electrons. The Morgan fingerprint density at radius 1 is 1.15 bits per heavy atom. The fourth-order valence-corrected chi connectivity index (χ4v) is 5.18. The first kappa shape index (κ1) is 23.5. The largest absolute Gasteiger partial charge is 0.493 e.